The molecule has 3 amide bonds. The molecule has 5 N–H and O–H groups in total. The van der Waals surface area contributed by atoms with E-state index in [4.69, 9.17) is 10.5 Å². The smallest absolute Gasteiger partial charge is 0.407 e. The Morgan fingerprint density at radius 3 is 2.43 bits per heavy atom. The van der Waals surface area contributed by atoms with Gasteiger partial charge in [0.15, 0.2) is 0 Å². The van der Waals surface area contributed by atoms with Crippen molar-refractivity contribution in [2.75, 3.05) is 13.6 Å². The number of primary amides is 1. The number of hydrogen-bond acceptors (Lipinski definition) is 4. The molecule has 0 unspecified atom stereocenters. The minimum atomic E-state index is -0.448. The average molecular weight is 492 g/mol. The first-order valence-corrected chi connectivity index (χ1v) is 14.2. The molecule has 35 heavy (non-hydrogen) atoms. The van der Waals surface area contributed by atoms with Crippen molar-refractivity contribution in [3.63, 3.8) is 0 Å². The van der Waals surface area contributed by atoms with Crippen molar-refractivity contribution in [1.82, 2.24) is 10.6 Å². The first-order chi connectivity index (χ1) is 16.6. The van der Waals surface area contributed by atoms with Gasteiger partial charge >= 0.3 is 12.1 Å². The number of ether oxygens (including phenoxy) is 1. The minimum absolute atomic E-state index is 0.0939. The molecule has 7 heteroatoms. The van der Waals surface area contributed by atoms with Crippen LogP contribution in [0.25, 0.3) is 0 Å². The fraction of sp³-hybridized carbons (Fsp3) is 0.929. The zero-order chi connectivity index (χ0) is 25.5. The molecule has 0 aromatic rings. The summed E-state index contributed by atoms with van der Waals surface area (Å²) in [6.07, 6.45) is 8.83. The second-order valence-electron chi connectivity index (χ2n) is 12.8. The number of alkyl carbamates (subject to hydrolysis) is 1. The SMILES string of the molecule is CC[C@H]1[C@@H](OC(=O)NC)[C@@H]2[C@H](CC[C@]3(C)[C@@H]([C@H](C)CCNC(N)=O)CC[C@@H]23)[C@@]2(C)CC[C@@H](O)C[C@@H]12. The monoisotopic (exact) mass is 491 g/mol. The van der Waals surface area contributed by atoms with Crippen LogP contribution < -0.4 is 16.4 Å². The second kappa shape index (κ2) is 10.1. The van der Waals surface area contributed by atoms with Gasteiger partial charge in [0, 0.05) is 19.5 Å². The molecule has 4 saturated carbocycles. The van der Waals surface area contributed by atoms with Gasteiger partial charge in [-0.1, -0.05) is 27.7 Å². The number of rotatable bonds is 6. The van der Waals surface area contributed by atoms with E-state index in [0.717, 1.165) is 32.1 Å². The maximum atomic E-state index is 12.6. The highest BCUT2D eigenvalue weighted by molar-refractivity contribution is 5.71. The molecule has 0 aromatic heterocycles. The third kappa shape index (κ3) is 4.55. The molecule has 4 aliphatic rings. The summed E-state index contributed by atoms with van der Waals surface area (Å²) >= 11 is 0. The lowest BCUT2D eigenvalue weighted by atomic mass is 9.41. The van der Waals surface area contributed by atoms with E-state index in [2.05, 4.69) is 38.3 Å². The van der Waals surface area contributed by atoms with E-state index >= 15 is 0 Å². The zero-order valence-electron chi connectivity index (χ0n) is 22.5. The third-order valence-corrected chi connectivity index (χ3v) is 11.5. The lowest BCUT2D eigenvalue weighted by Gasteiger charge is -2.65. The first-order valence-electron chi connectivity index (χ1n) is 14.2. The lowest BCUT2D eigenvalue weighted by molar-refractivity contribution is -0.203. The van der Waals surface area contributed by atoms with Crippen molar-refractivity contribution in [2.24, 2.45) is 58.0 Å². The molecule has 0 saturated heterocycles. The summed E-state index contributed by atoms with van der Waals surface area (Å²) < 4.78 is 6.29. The van der Waals surface area contributed by atoms with Crippen molar-refractivity contribution < 1.29 is 19.4 Å². The summed E-state index contributed by atoms with van der Waals surface area (Å²) in [7, 11) is 1.65. The maximum absolute atomic E-state index is 12.6. The Bertz CT molecular complexity index is 792. The highest BCUT2D eigenvalue weighted by Crippen LogP contribution is 2.70. The number of nitrogens with one attached hydrogen (secondary N) is 2. The standard InChI is InChI=1S/C28H49N3O4/c1-6-18-22-15-17(32)9-12-28(22,4)21-10-13-27(3)19(16(2)11-14-31-25(29)33)7-8-20(27)23(21)24(18)35-26(34)30-5/h16-24,32H,6-15H2,1-5H3,(H,30,34)(H3,29,31,33)/t16-,17-,18-,19-,20+,21+,22+,23+,24-,27-,28-/m1/s1. The van der Waals surface area contributed by atoms with E-state index in [0.29, 0.717) is 42.1 Å². The molecular formula is C28H49N3O4. The molecule has 0 radical (unpaired) electrons. The van der Waals surface area contributed by atoms with Crippen molar-refractivity contribution in [2.45, 2.75) is 97.7 Å². The average Bonchev–Trinajstić information content (AvgIpc) is 3.17. The summed E-state index contributed by atoms with van der Waals surface area (Å²) in [5.74, 6) is 3.22. The van der Waals surface area contributed by atoms with Crippen LogP contribution in [0, 0.1) is 52.3 Å². The van der Waals surface area contributed by atoms with Gasteiger partial charge < -0.3 is 26.2 Å². The van der Waals surface area contributed by atoms with E-state index < -0.39 is 6.03 Å². The number of urea groups is 1. The van der Waals surface area contributed by atoms with Crippen LogP contribution in [0.4, 0.5) is 9.59 Å². The minimum Gasteiger partial charge on any atom is -0.446 e. The maximum Gasteiger partial charge on any atom is 0.407 e. The van der Waals surface area contributed by atoms with E-state index in [1.54, 1.807) is 7.05 Å². The van der Waals surface area contributed by atoms with Gasteiger partial charge in [0.05, 0.1) is 6.10 Å². The number of nitrogens with two attached hydrogens (primary N) is 1. The second-order valence-corrected chi connectivity index (χ2v) is 12.8. The van der Waals surface area contributed by atoms with E-state index in [9.17, 15) is 14.7 Å². The normalized spacial score (nSPS) is 45.4. The molecule has 0 aromatic carbocycles. The molecule has 4 rings (SSSR count). The molecule has 7 nitrogen and oxygen atoms in total. The van der Waals surface area contributed by atoms with Crippen LogP contribution in [0.3, 0.4) is 0 Å². The highest BCUT2D eigenvalue weighted by atomic mass is 16.6. The van der Waals surface area contributed by atoms with Gasteiger partial charge in [-0.2, -0.15) is 0 Å². The van der Waals surface area contributed by atoms with Crippen molar-refractivity contribution in [3.05, 3.63) is 0 Å². The summed E-state index contributed by atoms with van der Waals surface area (Å²) in [6.45, 7) is 10.2. The first kappa shape index (κ1) is 26.6. The van der Waals surface area contributed by atoms with Crippen LogP contribution in [-0.2, 0) is 4.74 Å². The molecule has 0 spiro atoms. The molecule has 0 bridgehead atoms. The fourth-order valence-corrected chi connectivity index (χ4v) is 9.87. The number of aliphatic hydroxyl groups is 1. The molecule has 200 valence electrons. The molecule has 4 fully saturated rings. The van der Waals surface area contributed by atoms with E-state index in [-0.39, 0.29) is 35.0 Å². The number of amides is 3. The van der Waals surface area contributed by atoms with Gasteiger partial charge in [-0.15, -0.1) is 0 Å². The van der Waals surface area contributed by atoms with Crippen molar-refractivity contribution in [1.29, 1.82) is 0 Å². The Kier molecular flexibility index (Phi) is 7.67. The number of carbonyl (C=O) groups is 2. The summed E-state index contributed by atoms with van der Waals surface area (Å²) in [5, 5.41) is 16.1. The van der Waals surface area contributed by atoms with E-state index in [1.165, 1.54) is 25.7 Å². The van der Waals surface area contributed by atoms with Gasteiger partial charge in [-0.05, 0) is 104 Å². The Labute approximate surface area is 211 Å². The fourth-order valence-electron chi connectivity index (χ4n) is 9.87. The van der Waals surface area contributed by atoms with Crippen LogP contribution in [0.1, 0.15) is 85.5 Å². The van der Waals surface area contributed by atoms with Crippen LogP contribution in [0.2, 0.25) is 0 Å². The largest absolute Gasteiger partial charge is 0.446 e. The third-order valence-electron chi connectivity index (χ3n) is 11.5. The topological polar surface area (TPSA) is 114 Å². The molecule has 0 aliphatic heterocycles. The van der Waals surface area contributed by atoms with Gasteiger partial charge in [-0.25, -0.2) is 9.59 Å². The number of fused-ring (bicyclic) bond motifs is 5. The number of carbonyl (C=O) groups excluding carboxylic acids is 2. The van der Waals surface area contributed by atoms with Crippen LogP contribution >= 0.6 is 0 Å². The summed E-state index contributed by atoms with van der Waals surface area (Å²) in [6, 6.07) is -0.448. The van der Waals surface area contributed by atoms with Gasteiger partial charge in [0.2, 0.25) is 0 Å². The van der Waals surface area contributed by atoms with Gasteiger partial charge in [0.25, 0.3) is 0 Å². The molecule has 11 atom stereocenters. The summed E-state index contributed by atoms with van der Waals surface area (Å²) in [5.41, 5.74) is 5.71. The Hall–Kier alpha value is -1.50. The van der Waals surface area contributed by atoms with Gasteiger partial charge in [-0.3, -0.25) is 0 Å². The zero-order valence-corrected chi connectivity index (χ0v) is 22.5. The molecular weight excluding hydrogens is 442 g/mol. The Balaban J connectivity index is 1.65. The predicted octanol–water partition coefficient (Wildman–Crippen LogP) is 4.67. The lowest BCUT2D eigenvalue weighted by Crippen LogP contribution is -2.63. The van der Waals surface area contributed by atoms with Crippen LogP contribution in [0.5, 0.6) is 0 Å². The quantitative estimate of drug-likeness (QED) is 0.432. The molecule has 4 aliphatic carbocycles. The van der Waals surface area contributed by atoms with Crippen molar-refractivity contribution >= 4 is 12.1 Å². The Morgan fingerprint density at radius 1 is 1.09 bits per heavy atom. The van der Waals surface area contributed by atoms with E-state index in [1.807, 2.05) is 0 Å². The Morgan fingerprint density at radius 2 is 1.77 bits per heavy atom. The van der Waals surface area contributed by atoms with Crippen molar-refractivity contribution in [3.8, 4) is 0 Å². The number of aliphatic hydroxyl groups excluding tert-OH is 1. The summed E-state index contributed by atoms with van der Waals surface area (Å²) in [4.78, 5) is 23.8. The predicted molar refractivity (Wildman–Crippen MR) is 136 cm³/mol. The molecule has 0 heterocycles. The van der Waals surface area contributed by atoms with Gasteiger partial charge in [0.1, 0.15) is 6.10 Å². The highest BCUT2D eigenvalue weighted by Gasteiger charge is 2.66. The van der Waals surface area contributed by atoms with Crippen LogP contribution in [0.15, 0.2) is 0 Å². The number of hydrogen-bond donors (Lipinski definition) is 4. The van der Waals surface area contributed by atoms with Crippen LogP contribution in [-0.4, -0.2) is 43.0 Å².